The third-order valence-electron chi connectivity index (χ3n) is 5.22. The number of oxime groups is 1. The van der Waals surface area contributed by atoms with E-state index in [4.69, 9.17) is 20.7 Å². The Labute approximate surface area is 184 Å². The number of nitrogens with one attached hydrogen (secondary N) is 3. The van der Waals surface area contributed by atoms with E-state index in [-0.39, 0.29) is 25.4 Å². The first-order chi connectivity index (χ1) is 15.3. The summed E-state index contributed by atoms with van der Waals surface area (Å²) in [6.07, 6.45) is 2.13. The average Bonchev–Trinajstić information content (AvgIpc) is 3.46. The van der Waals surface area contributed by atoms with Gasteiger partial charge < -0.3 is 31.0 Å². The molecule has 32 heavy (non-hydrogen) atoms. The van der Waals surface area contributed by atoms with Gasteiger partial charge in [-0.05, 0) is 17.9 Å². The Morgan fingerprint density at radius 1 is 1.28 bits per heavy atom. The number of alkyl carbamates (subject to hydrolysis) is 1. The van der Waals surface area contributed by atoms with Crippen molar-refractivity contribution in [3.8, 4) is 0 Å². The summed E-state index contributed by atoms with van der Waals surface area (Å²) < 4.78 is 4.98. The fourth-order valence-electron chi connectivity index (χ4n) is 3.15. The molecule has 11 heteroatoms. The van der Waals surface area contributed by atoms with E-state index >= 15 is 0 Å². The largest absolute Gasteiger partial charge is 0.480 e. The first-order valence-electron chi connectivity index (χ1n) is 10.4. The summed E-state index contributed by atoms with van der Waals surface area (Å²) in [6.45, 7) is -0.0349. The summed E-state index contributed by atoms with van der Waals surface area (Å²) >= 11 is 0. The number of ether oxygens (including phenoxy) is 1. The van der Waals surface area contributed by atoms with E-state index in [1.54, 1.807) is 24.3 Å². The second-order valence-electron chi connectivity index (χ2n) is 7.87. The molecule has 0 aromatic heterocycles. The zero-order valence-corrected chi connectivity index (χ0v) is 17.5. The van der Waals surface area contributed by atoms with Crippen molar-refractivity contribution >= 4 is 29.5 Å². The molecule has 172 valence electrons. The smallest absolute Gasteiger partial charge is 0.407 e. The van der Waals surface area contributed by atoms with Crippen LogP contribution in [0.1, 0.15) is 43.2 Å². The van der Waals surface area contributed by atoms with Crippen LogP contribution >= 0.6 is 0 Å². The summed E-state index contributed by atoms with van der Waals surface area (Å²) in [4.78, 5) is 40.6. The Bertz CT molecular complexity index is 896. The van der Waals surface area contributed by atoms with Gasteiger partial charge in [0.2, 0.25) is 5.91 Å². The number of hydrogen-bond donors (Lipinski definition) is 5. The van der Waals surface area contributed by atoms with Crippen LogP contribution in [0.15, 0.2) is 29.4 Å². The monoisotopic (exact) mass is 445 g/mol. The van der Waals surface area contributed by atoms with Crippen LogP contribution in [-0.4, -0.2) is 59.9 Å². The number of aliphatic carboxylic acids is 1. The van der Waals surface area contributed by atoms with E-state index < -0.39 is 30.1 Å². The van der Waals surface area contributed by atoms with Crippen LogP contribution in [0.3, 0.4) is 0 Å². The molecule has 0 saturated heterocycles. The van der Waals surface area contributed by atoms with Crippen LogP contribution in [0.2, 0.25) is 0 Å². The van der Waals surface area contributed by atoms with Crippen molar-refractivity contribution in [1.29, 1.82) is 5.41 Å². The van der Waals surface area contributed by atoms with Crippen molar-refractivity contribution in [2.45, 2.75) is 44.2 Å². The second kappa shape index (κ2) is 10.6. The number of amides is 2. The fraction of sp³-hybridized carbons (Fsp3) is 0.476. The van der Waals surface area contributed by atoms with Crippen LogP contribution in [0.5, 0.6) is 0 Å². The minimum absolute atomic E-state index is 0.0172. The average molecular weight is 445 g/mol. The van der Waals surface area contributed by atoms with Gasteiger partial charge in [-0.1, -0.05) is 42.3 Å². The molecule has 1 aliphatic heterocycles. The molecule has 11 nitrogen and oxygen atoms in total. The maximum atomic E-state index is 12.2. The number of carbonyl (C=O) groups excluding carboxylic acids is 2. The molecular weight excluding hydrogens is 418 g/mol. The molecule has 2 aliphatic rings. The lowest BCUT2D eigenvalue weighted by Gasteiger charge is -2.16. The number of carboxylic acid groups (broad SMARTS) is 1. The molecule has 1 heterocycles. The Hall–Kier alpha value is -3.63. The lowest BCUT2D eigenvalue weighted by Crippen LogP contribution is -2.48. The van der Waals surface area contributed by atoms with Gasteiger partial charge >= 0.3 is 12.1 Å². The molecule has 1 aliphatic carbocycles. The highest BCUT2D eigenvalue weighted by Crippen LogP contribution is 2.32. The highest BCUT2D eigenvalue weighted by molar-refractivity contribution is 6.02. The molecule has 6 N–H and O–H groups in total. The SMILES string of the molecule is N=C(N)c1ccc(C2=NOC(CC(=O)NC[C@H](NC(=O)OCCC3CC3)C(=O)O)C2)cc1. The van der Waals surface area contributed by atoms with Gasteiger partial charge in [-0.25, -0.2) is 9.59 Å². The van der Waals surface area contributed by atoms with E-state index in [1.165, 1.54) is 0 Å². The lowest BCUT2D eigenvalue weighted by atomic mass is 10.0. The van der Waals surface area contributed by atoms with Crippen molar-refractivity contribution in [2.24, 2.45) is 16.8 Å². The second-order valence-corrected chi connectivity index (χ2v) is 7.87. The van der Waals surface area contributed by atoms with E-state index in [0.29, 0.717) is 23.6 Å². The van der Waals surface area contributed by atoms with Crippen LogP contribution in [0.25, 0.3) is 0 Å². The zero-order chi connectivity index (χ0) is 23.1. The van der Waals surface area contributed by atoms with Crippen LogP contribution in [0, 0.1) is 11.3 Å². The number of carboxylic acids is 1. The van der Waals surface area contributed by atoms with Gasteiger partial charge in [-0.2, -0.15) is 0 Å². The Balaban J connectivity index is 1.39. The summed E-state index contributed by atoms with van der Waals surface area (Å²) in [5, 5.41) is 25.4. The van der Waals surface area contributed by atoms with Gasteiger partial charge in [-0.15, -0.1) is 0 Å². The quantitative estimate of drug-likeness (QED) is 0.249. The fourth-order valence-corrected chi connectivity index (χ4v) is 3.15. The molecule has 1 fully saturated rings. The van der Waals surface area contributed by atoms with Gasteiger partial charge in [0, 0.05) is 18.5 Å². The minimum atomic E-state index is -1.30. The van der Waals surface area contributed by atoms with Gasteiger partial charge in [0.1, 0.15) is 18.0 Å². The van der Waals surface area contributed by atoms with Crippen molar-refractivity contribution in [3.05, 3.63) is 35.4 Å². The summed E-state index contributed by atoms with van der Waals surface area (Å²) in [7, 11) is 0. The maximum absolute atomic E-state index is 12.2. The molecule has 2 amide bonds. The maximum Gasteiger partial charge on any atom is 0.407 e. The number of rotatable bonds is 11. The highest BCUT2D eigenvalue weighted by atomic mass is 16.6. The predicted octanol–water partition coefficient (Wildman–Crippen LogP) is 0.949. The van der Waals surface area contributed by atoms with E-state index in [9.17, 15) is 19.5 Å². The van der Waals surface area contributed by atoms with E-state index in [1.807, 2.05) is 0 Å². The zero-order valence-electron chi connectivity index (χ0n) is 17.5. The van der Waals surface area contributed by atoms with E-state index in [2.05, 4.69) is 15.8 Å². The number of nitrogen functional groups attached to an aromatic ring is 1. The van der Waals surface area contributed by atoms with Crippen molar-refractivity contribution in [2.75, 3.05) is 13.2 Å². The molecular formula is C21H27N5O6. The molecule has 2 atom stereocenters. The molecule has 1 aromatic rings. The van der Waals surface area contributed by atoms with Crippen LogP contribution < -0.4 is 16.4 Å². The summed E-state index contributed by atoms with van der Waals surface area (Å²) in [5.41, 5.74) is 7.50. The third kappa shape index (κ3) is 6.96. The number of nitrogens with zero attached hydrogens (tertiary/aromatic N) is 1. The number of carbonyl (C=O) groups is 3. The normalized spacial score (nSPS) is 18.1. The topological polar surface area (TPSA) is 176 Å². The summed E-state index contributed by atoms with van der Waals surface area (Å²) in [5.74, 6) is -1.13. The van der Waals surface area contributed by atoms with Gasteiger partial charge in [0.15, 0.2) is 0 Å². The van der Waals surface area contributed by atoms with Crippen molar-refractivity contribution in [3.63, 3.8) is 0 Å². The predicted molar refractivity (Wildman–Crippen MR) is 114 cm³/mol. The third-order valence-corrected chi connectivity index (χ3v) is 5.22. The molecule has 1 unspecified atom stereocenters. The molecule has 1 saturated carbocycles. The highest BCUT2D eigenvalue weighted by Gasteiger charge is 2.27. The van der Waals surface area contributed by atoms with Crippen molar-refractivity contribution in [1.82, 2.24) is 10.6 Å². The Morgan fingerprint density at radius 2 is 2.00 bits per heavy atom. The number of hydrogen-bond acceptors (Lipinski definition) is 7. The van der Waals surface area contributed by atoms with Crippen LogP contribution in [0.4, 0.5) is 4.79 Å². The first-order valence-corrected chi connectivity index (χ1v) is 10.4. The Morgan fingerprint density at radius 3 is 2.62 bits per heavy atom. The number of amidine groups is 1. The molecule has 3 rings (SSSR count). The first kappa shape index (κ1) is 23.0. The number of benzene rings is 1. The Kier molecular flexibility index (Phi) is 7.63. The number of nitrogens with two attached hydrogens (primary N) is 1. The van der Waals surface area contributed by atoms with Crippen molar-refractivity contribution < 1.29 is 29.1 Å². The van der Waals surface area contributed by atoms with Gasteiger partial charge in [0.05, 0.1) is 18.7 Å². The molecule has 1 aromatic carbocycles. The molecule has 0 radical (unpaired) electrons. The van der Waals surface area contributed by atoms with Crippen LogP contribution in [-0.2, 0) is 19.2 Å². The summed E-state index contributed by atoms with van der Waals surface area (Å²) in [6, 6.07) is 5.65. The standard InChI is InChI=1S/C21H27N5O6/c22-19(23)14-5-3-13(4-6-14)16-9-15(32-26-16)10-18(27)24-11-17(20(28)29)25-21(30)31-8-7-12-1-2-12/h3-6,12,15,17H,1-2,7-11H2,(H3,22,23)(H,24,27)(H,25,30)(H,28,29)/t15?,17-/m0/s1. The lowest BCUT2D eigenvalue weighted by molar-refractivity contribution is -0.139. The van der Waals surface area contributed by atoms with Gasteiger partial charge in [0.25, 0.3) is 0 Å². The molecule has 0 bridgehead atoms. The molecule has 0 spiro atoms. The van der Waals surface area contributed by atoms with E-state index in [0.717, 1.165) is 24.8 Å². The minimum Gasteiger partial charge on any atom is -0.480 e. The van der Waals surface area contributed by atoms with Gasteiger partial charge in [-0.3, -0.25) is 10.2 Å².